The number of anilines is 1. The number of amides is 1. The number of rotatable bonds is 4. The van der Waals surface area contributed by atoms with Gasteiger partial charge in [0, 0.05) is 19.2 Å². The lowest BCUT2D eigenvalue weighted by Crippen LogP contribution is -2.34. The van der Waals surface area contributed by atoms with E-state index < -0.39 is 5.60 Å². The van der Waals surface area contributed by atoms with Crippen LogP contribution in [0.4, 0.5) is 5.69 Å². The first-order valence-electron chi connectivity index (χ1n) is 7.15. The summed E-state index contributed by atoms with van der Waals surface area (Å²) in [5.74, 6) is 0.0743. The average molecular weight is 261 g/mol. The number of para-hydroxylation sites is 1. The predicted octanol–water partition coefficient (Wildman–Crippen LogP) is 3.12. The maximum absolute atomic E-state index is 12.1. The molecule has 0 aliphatic heterocycles. The molecule has 2 rings (SSSR count). The third-order valence-electron chi connectivity index (χ3n) is 4.11. The summed E-state index contributed by atoms with van der Waals surface area (Å²) in [6.45, 7) is 0. The van der Waals surface area contributed by atoms with Crippen molar-refractivity contribution in [3.63, 3.8) is 0 Å². The molecule has 0 radical (unpaired) electrons. The van der Waals surface area contributed by atoms with Gasteiger partial charge in [0.2, 0.25) is 5.91 Å². The molecule has 0 unspecified atom stereocenters. The van der Waals surface area contributed by atoms with Gasteiger partial charge in [-0.05, 0) is 31.4 Å². The lowest BCUT2D eigenvalue weighted by molar-refractivity contribution is -0.120. The van der Waals surface area contributed by atoms with Gasteiger partial charge in [0.25, 0.3) is 0 Å². The molecular weight excluding hydrogens is 238 g/mol. The second-order valence-electron chi connectivity index (χ2n) is 5.57. The summed E-state index contributed by atoms with van der Waals surface area (Å²) in [5, 5.41) is 10.4. The van der Waals surface area contributed by atoms with E-state index in [0.29, 0.717) is 12.8 Å². The van der Waals surface area contributed by atoms with Crippen molar-refractivity contribution < 1.29 is 9.90 Å². The molecule has 1 aliphatic carbocycles. The molecule has 0 heterocycles. The normalized spacial score (nSPS) is 18.0. The number of carbonyl (C=O) groups excluding carboxylic acids is 1. The molecule has 1 aliphatic rings. The summed E-state index contributed by atoms with van der Waals surface area (Å²) in [4.78, 5) is 13.8. The van der Waals surface area contributed by atoms with Crippen LogP contribution in [0.1, 0.15) is 44.9 Å². The third-order valence-corrected chi connectivity index (χ3v) is 4.11. The summed E-state index contributed by atoms with van der Waals surface area (Å²) < 4.78 is 0. The van der Waals surface area contributed by atoms with Crippen LogP contribution in [-0.2, 0) is 4.79 Å². The van der Waals surface area contributed by atoms with Gasteiger partial charge < -0.3 is 10.0 Å². The number of hydrogen-bond donors (Lipinski definition) is 1. The average Bonchev–Trinajstić information content (AvgIpc) is 2.46. The van der Waals surface area contributed by atoms with E-state index in [0.717, 1.165) is 31.4 Å². The highest BCUT2D eigenvalue weighted by Gasteiger charge is 2.29. The van der Waals surface area contributed by atoms with Crippen molar-refractivity contribution in [1.29, 1.82) is 0 Å². The van der Waals surface area contributed by atoms with Crippen LogP contribution in [0, 0.1) is 0 Å². The molecule has 1 N–H and O–H groups in total. The van der Waals surface area contributed by atoms with E-state index in [-0.39, 0.29) is 5.91 Å². The molecule has 0 bridgehead atoms. The van der Waals surface area contributed by atoms with E-state index >= 15 is 0 Å². The van der Waals surface area contributed by atoms with Crippen molar-refractivity contribution in [2.24, 2.45) is 0 Å². The molecule has 3 heteroatoms. The Kier molecular flexibility index (Phi) is 4.59. The van der Waals surface area contributed by atoms with E-state index in [1.165, 1.54) is 6.42 Å². The first-order valence-corrected chi connectivity index (χ1v) is 7.15. The molecule has 0 aromatic heterocycles. The maximum Gasteiger partial charge on any atom is 0.226 e. The number of nitrogens with zero attached hydrogens (tertiary/aromatic N) is 1. The smallest absolute Gasteiger partial charge is 0.226 e. The first-order chi connectivity index (χ1) is 9.11. The fourth-order valence-corrected chi connectivity index (χ4v) is 2.76. The predicted molar refractivity (Wildman–Crippen MR) is 77.1 cm³/mol. The standard InChI is InChI=1S/C16H23NO2/c1-17(14-8-4-2-5-9-14)15(18)10-13-16(19)11-6-3-7-12-16/h2,4-5,8-9,19H,3,6-7,10-13H2,1H3. The summed E-state index contributed by atoms with van der Waals surface area (Å²) in [5.41, 5.74) is 0.300. The highest BCUT2D eigenvalue weighted by Crippen LogP contribution is 2.32. The second kappa shape index (κ2) is 6.20. The van der Waals surface area contributed by atoms with Crippen LogP contribution in [0.3, 0.4) is 0 Å². The number of carbonyl (C=O) groups is 1. The van der Waals surface area contributed by atoms with Crippen LogP contribution < -0.4 is 4.90 Å². The largest absolute Gasteiger partial charge is 0.390 e. The van der Waals surface area contributed by atoms with E-state index in [1.54, 1.807) is 11.9 Å². The first kappa shape index (κ1) is 14.1. The topological polar surface area (TPSA) is 40.5 Å². The van der Waals surface area contributed by atoms with Gasteiger partial charge in [0.05, 0.1) is 5.60 Å². The Hall–Kier alpha value is -1.35. The van der Waals surface area contributed by atoms with Crippen LogP contribution in [-0.4, -0.2) is 23.7 Å². The Bertz CT molecular complexity index is 410. The third kappa shape index (κ3) is 3.80. The highest BCUT2D eigenvalue weighted by atomic mass is 16.3. The van der Waals surface area contributed by atoms with Crippen molar-refractivity contribution in [3.8, 4) is 0 Å². The molecule has 1 fully saturated rings. The molecular formula is C16H23NO2. The zero-order chi connectivity index (χ0) is 13.7. The van der Waals surface area contributed by atoms with Crippen LogP contribution >= 0.6 is 0 Å². The summed E-state index contributed by atoms with van der Waals surface area (Å²) >= 11 is 0. The van der Waals surface area contributed by atoms with Crippen LogP contribution in [0.2, 0.25) is 0 Å². The molecule has 1 saturated carbocycles. The van der Waals surface area contributed by atoms with Crippen molar-refractivity contribution in [2.45, 2.75) is 50.5 Å². The van der Waals surface area contributed by atoms with Gasteiger partial charge in [-0.2, -0.15) is 0 Å². The van der Waals surface area contributed by atoms with E-state index in [9.17, 15) is 9.90 Å². The molecule has 3 nitrogen and oxygen atoms in total. The van der Waals surface area contributed by atoms with Gasteiger partial charge in [-0.25, -0.2) is 0 Å². The summed E-state index contributed by atoms with van der Waals surface area (Å²) in [6.07, 6.45) is 6.06. The van der Waals surface area contributed by atoms with E-state index in [4.69, 9.17) is 0 Å². The van der Waals surface area contributed by atoms with E-state index in [1.807, 2.05) is 30.3 Å². The van der Waals surface area contributed by atoms with Gasteiger partial charge in [0.15, 0.2) is 0 Å². The van der Waals surface area contributed by atoms with Gasteiger partial charge in [-0.15, -0.1) is 0 Å². The lowest BCUT2D eigenvalue weighted by Gasteiger charge is -2.32. The Labute approximate surface area is 115 Å². The number of hydrogen-bond acceptors (Lipinski definition) is 2. The Morgan fingerprint density at radius 3 is 2.47 bits per heavy atom. The van der Waals surface area contributed by atoms with Crippen LogP contribution in [0.5, 0.6) is 0 Å². The molecule has 1 aromatic rings. The van der Waals surface area contributed by atoms with Crippen molar-refractivity contribution in [1.82, 2.24) is 0 Å². The number of benzene rings is 1. The zero-order valence-corrected chi connectivity index (χ0v) is 11.6. The van der Waals surface area contributed by atoms with Crippen molar-refractivity contribution in [3.05, 3.63) is 30.3 Å². The summed E-state index contributed by atoms with van der Waals surface area (Å²) in [6, 6.07) is 9.63. The van der Waals surface area contributed by atoms with Crippen LogP contribution in [0.15, 0.2) is 30.3 Å². The quantitative estimate of drug-likeness (QED) is 0.904. The Morgan fingerprint density at radius 1 is 1.21 bits per heavy atom. The number of aliphatic hydroxyl groups is 1. The molecule has 19 heavy (non-hydrogen) atoms. The van der Waals surface area contributed by atoms with Gasteiger partial charge in [-0.1, -0.05) is 37.5 Å². The van der Waals surface area contributed by atoms with Crippen LogP contribution in [0.25, 0.3) is 0 Å². The molecule has 104 valence electrons. The fraction of sp³-hybridized carbons (Fsp3) is 0.562. The lowest BCUT2D eigenvalue weighted by atomic mass is 9.81. The van der Waals surface area contributed by atoms with Gasteiger partial charge in [-0.3, -0.25) is 4.79 Å². The Balaban J connectivity index is 1.87. The Morgan fingerprint density at radius 2 is 1.84 bits per heavy atom. The zero-order valence-electron chi connectivity index (χ0n) is 11.6. The van der Waals surface area contributed by atoms with Gasteiger partial charge in [0.1, 0.15) is 0 Å². The maximum atomic E-state index is 12.1. The van der Waals surface area contributed by atoms with Gasteiger partial charge >= 0.3 is 0 Å². The molecule has 0 saturated heterocycles. The fourth-order valence-electron chi connectivity index (χ4n) is 2.76. The second-order valence-corrected chi connectivity index (χ2v) is 5.57. The minimum Gasteiger partial charge on any atom is -0.390 e. The molecule has 0 spiro atoms. The minimum atomic E-state index is -0.606. The van der Waals surface area contributed by atoms with E-state index in [2.05, 4.69) is 0 Å². The monoisotopic (exact) mass is 261 g/mol. The molecule has 1 amide bonds. The highest BCUT2D eigenvalue weighted by molar-refractivity contribution is 5.92. The van der Waals surface area contributed by atoms with Crippen molar-refractivity contribution in [2.75, 3.05) is 11.9 Å². The summed E-state index contributed by atoms with van der Waals surface area (Å²) in [7, 11) is 1.79. The minimum absolute atomic E-state index is 0.0743. The van der Waals surface area contributed by atoms with Crippen molar-refractivity contribution >= 4 is 11.6 Å². The molecule has 0 atom stereocenters. The SMILES string of the molecule is CN(C(=O)CCC1(O)CCCCC1)c1ccccc1. The molecule has 1 aromatic carbocycles.